The maximum atomic E-state index is 12.7. The van der Waals surface area contributed by atoms with Crippen LogP contribution >= 0.6 is 0 Å². The Kier molecular flexibility index (Phi) is 6.63. The fourth-order valence-electron chi connectivity index (χ4n) is 1.74. The lowest BCUT2D eigenvalue weighted by atomic mass is 10.1. The minimum atomic E-state index is -0.691. The molecule has 1 N–H and O–H groups in total. The van der Waals surface area contributed by atoms with E-state index in [0.29, 0.717) is 6.42 Å². The number of methoxy groups -OCH3 is 1. The molecule has 0 aliphatic heterocycles. The molecule has 0 aromatic carbocycles. The Bertz CT molecular complexity index is 448. The van der Waals surface area contributed by atoms with E-state index in [1.165, 1.54) is 13.2 Å². The molecule has 0 aliphatic carbocycles. The zero-order chi connectivity index (χ0) is 15.0. The molecule has 1 heterocycles. The number of pyridine rings is 1. The Morgan fingerprint density at radius 2 is 2.15 bits per heavy atom. The summed E-state index contributed by atoms with van der Waals surface area (Å²) in [6, 6.07) is 1.72. The van der Waals surface area contributed by atoms with Crippen molar-refractivity contribution in [2.75, 3.05) is 7.11 Å². The average molecular weight is 282 g/mol. The summed E-state index contributed by atoms with van der Waals surface area (Å²) < 4.78 is 17.4. The van der Waals surface area contributed by atoms with Crippen LogP contribution < -0.4 is 5.32 Å². The maximum absolute atomic E-state index is 12.7. The van der Waals surface area contributed by atoms with Gasteiger partial charge in [-0.2, -0.15) is 4.39 Å². The van der Waals surface area contributed by atoms with Crippen molar-refractivity contribution in [1.29, 1.82) is 0 Å². The number of nitrogens with zero attached hydrogens (tertiary/aromatic N) is 1. The van der Waals surface area contributed by atoms with Crippen molar-refractivity contribution >= 4 is 11.9 Å². The van der Waals surface area contributed by atoms with Crippen LogP contribution in [0.3, 0.4) is 0 Å². The summed E-state index contributed by atoms with van der Waals surface area (Å²) in [5, 5.41) is 2.59. The molecule has 1 atom stereocenters. The van der Waals surface area contributed by atoms with E-state index in [1.54, 1.807) is 0 Å². The minimum absolute atomic E-state index is 0.204. The lowest BCUT2D eigenvalue weighted by Crippen LogP contribution is -2.41. The first-order chi connectivity index (χ1) is 9.58. The van der Waals surface area contributed by atoms with Crippen LogP contribution in [0.4, 0.5) is 4.39 Å². The van der Waals surface area contributed by atoms with Crippen molar-refractivity contribution < 1.29 is 18.7 Å². The van der Waals surface area contributed by atoms with Gasteiger partial charge in [-0.05, 0) is 18.6 Å². The molecule has 110 valence electrons. The summed E-state index contributed by atoms with van der Waals surface area (Å²) in [4.78, 5) is 27.0. The Hall–Kier alpha value is -1.98. The van der Waals surface area contributed by atoms with Gasteiger partial charge in [-0.15, -0.1) is 0 Å². The summed E-state index contributed by atoms with van der Waals surface area (Å²) in [7, 11) is 1.28. The molecule has 0 saturated carbocycles. The molecular weight excluding hydrogens is 263 g/mol. The second-order valence-electron chi connectivity index (χ2n) is 4.41. The van der Waals surface area contributed by atoms with E-state index < -0.39 is 23.9 Å². The van der Waals surface area contributed by atoms with Crippen molar-refractivity contribution in [3.05, 3.63) is 29.8 Å². The number of unbranched alkanes of at least 4 members (excludes halogenated alkanes) is 2. The highest BCUT2D eigenvalue weighted by atomic mass is 19.1. The molecule has 0 bridgehead atoms. The molecule has 1 rings (SSSR count). The number of hydrogen-bond acceptors (Lipinski definition) is 4. The standard InChI is InChI=1S/C14H19FN2O3/c1-3-4-5-6-11(14(19)20-2)17-13(18)10-7-8-12(15)16-9-10/h7-9,11H,3-6H2,1-2H3,(H,17,18)/t11-/m0/s1. The van der Waals surface area contributed by atoms with E-state index in [2.05, 4.69) is 22.0 Å². The lowest BCUT2D eigenvalue weighted by molar-refractivity contribution is -0.143. The second kappa shape index (κ2) is 8.24. The molecule has 5 nitrogen and oxygen atoms in total. The van der Waals surface area contributed by atoms with E-state index >= 15 is 0 Å². The maximum Gasteiger partial charge on any atom is 0.328 e. The molecule has 0 saturated heterocycles. The number of nitrogens with one attached hydrogen (secondary N) is 1. The highest BCUT2D eigenvalue weighted by molar-refractivity contribution is 5.96. The lowest BCUT2D eigenvalue weighted by Gasteiger charge is -2.16. The van der Waals surface area contributed by atoms with Crippen LogP contribution in [0.1, 0.15) is 43.0 Å². The molecular formula is C14H19FN2O3. The summed E-state index contributed by atoms with van der Waals surface area (Å²) in [6.45, 7) is 2.05. The molecule has 0 aliphatic rings. The van der Waals surface area contributed by atoms with Gasteiger partial charge in [0.15, 0.2) is 0 Å². The van der Waals surface area contributed by atoms with Gasteiger partial charge < -0.3 is 10.1 Å². The summed E-state index contributed by atoms with van der Waals surface area (Å²) in [5.41, 5.74) is 0.204. The molecule has 1 aromatic heterocycles. The highest BCUT2D eigenvalue weighted by Gasteiger charge is 2.21. The van der Waals surface area contributed by atoms with Crippen LogP contribution in [0.25, 0.3) is 0 Å². The number of amides is 1. The van der Waals surface area contributed by atoms with Crippen molar-refractivity contribution in [1.82, 2.24) is 10.3 Å². The SMILES string of the molecule is CCCCC[C@H](NC(=O)c1ccc(F)nc1)C(=O)OC. The fourth-order valence-corrected chi connectivity index (χ4v) is 1.74. The molecule has 0 unspecified atom stereocenters. The van der Waals surface area contributed by atoms with Gasteiger partial charge in [0.2, 0.25) is 5.95 Å². The Balaban J connectivity index is 2.65. The fraction of sp³-hybridized carbons (Fsp3) is 0.500. The zero-order valence-electron chi connectivity index (χ0n) is 11.7. The van der Waals surface area contributed by atoms with Gasteiger partial charge in [-0.3, -0.25) is 4.79 Å². The van der Waals surface area contributed by atoms with E-state index in [9.17, 15) is 14.0 Å². The number of aromatic nitrogens is 1. The van der Waals surface area contributed by atoms with Crippen molar-refractivity contribution in [3.8, 4) is 0 Å². The minimum Gasteiger partial charge on any atom is -0.467 e. The van der Waals surface area contributed by atoms with Crippen LogP contribution in [-0.2, 0) is 9.53 Å². The summed E-state index contributed by atoms with van der Waals surface area (Å²) >= 11 is 0. The van der Waals surface area contributed by atoms with Crippen LogP contribution in [0.15, 0.2) is 18.3 Å². The van der Waals surface area contributed by atoms with Gasteiger partial charge in [0.05, 0.1) is 12.7 Å². The first kappa shape index (κ1) is 16.1. The molecule has 6 heteroatoms. The van der Waals surface area contributed by atoms with Crippen molar-refractivity contribution in [2.24, 2.45) is 0 Å². The third-order valence-electron chi connectivity index (χ3n) is 2.88. The number of carbonyl (C=O) groups excluding carboxylic acids is 2. The van der Waals surface area contributed by atoms with Gasteiger partial charge in [0.25, 0.3) is 5.91 Å². The Morgan fingerprint density at radius 1 is 1.40 bits per heavy atom. The average Bonchev–Trinajstić information content (AvgIpc) is 2.46. The predicted molar refractivity (Wildman–Crippen MR) is 71.6 cm³/mol. The predicted octanol–water partition coefficient (Wildman–Crippen LogP) is 2.07. The summed E-state index contributed by atoms with van der Waals surface area (Å²) in [5.74, 6) is -1.61. The van der Waals surface area contributed by atoms with Crippen molar-refractivity contribution in [3.63, 3.8) is 0 Å². The number of carbonyl (C=O) groups is 2. The van der Waals surface area contributed by atoms with Crippen LogP contribution in [0.2, 0.25) is 0 Å². The zero-order valence-corrected chi connectivity index (χ0v) is 11.7. The smallest absolute Gasteiger partial charge is 0.328 e. The van der Waals surface area contributed by atoms with Crippen LogP contribution in [0.5, 0.6) is 0 Å². The van der Waals surface area contributed by atoms with Crippen LogP contribution in [-0.4, -0.2) is 30.0 Å². The monoisotopic (exact) mass is 282 g/mol. The van der Waals surface area contributed by atoms with Crippen molar-refractivity contribution in [2.45, 2.75) is 38.6 Å². The first-order valence-corrected chi connectivity index (χ1v) is 6.58. The van der Waals surface area contributed by atoms with E-state index in [1.807, 2.05) is 0 Å². The topological polar surface area (TPSA) is 68.3 Å². The third kappa shape index (κ3) is 4.95. The molecule has 1 amide bonds. The second-order valence-corrected chi connectivity index (χ2v) is 4.41. The van der Waals surface area contributed by atoms with Gasteiger partial charge in [-0.1, -0.05) is 26.2 Å². The summed E-state index contributed by atoms with van der Waals surface area (Å²) in [6.07, 6.45) is 4.45. The molecule has 0 spiro atoms. The van der Waals surface area contributed by atoms with Gasteiger partial charge in [0.1, 0.15) is 6.04 Å². The largest absolute Gasteiger partial charge is 0.467 e. The van der Waals surface area contributed by atoms with Gasteiger partial charge in [-0.25, -0.2) is 9.78 Å². The highest BCUT2D eigenvalue weighted by Crippen LogP contribution is 2.07. The Morgan fingerprint density at radius 3 is 2.70 bits per heavy atom. The van der Waals surface area contributed by atoms with E-state index in [4.69, 9.17) is 0 Å². The number of ether oxygens (including phenoxy) is 1. The Labute approximate surface area is 117 Å². The molecule has 0 fully saturated rings. The van der Waals surface area contributed by atoms with E-state index in [-0.39, 0.29) is 5.56 Å². The molecule has 0 radical (unpaired) electrons. The number of halogens is 1. The van der Waals surface area contributed by atoms with Crippen LogP contribution in [0, 0.1) is 5.95 Å². The number of esters is 1. The number of hydrogen-bond donors (Lipinski definition) is 1. The third-order valence-corrected chi connectivity index (χ3v) is 2.88. The number of rotatable bonds is 7. The quantitative estimate of drug-likeness (QED) is 0.472. The van der Waals surface area contributed by atoms with Gasteiger partial charge in [0, 0.05) is 6.20 Å². The van der Waals surface area contributed by atoms with Gasteiger partial charge >= 0.3 is 5.97 Å². The van der Waals surface area contributed by atoms with E-state index in [0.717, 1.165) is 31.5 Å². The molecule has 1 aromatic rings. The first-order valence-electron chi connectivity index (χ1n) is 6.58. The molecule has 20 heavy (non-hydrogen) atoms. The normalized spacial score (nSPS) is 11.8.